The molecule has 3 aromatic carbocycles. The van der Waals surface area contributed by atoms with Crippen molar-refractivity contribution in [2.75, 3.05) is 0 Å². The van der Waals surface area contributed by atoms with Crippen LogP contribution in [0.2, 0.25) is 0 Å². The number of hydrogen-bond acceptors (Lipinski definition) is 2. The molecule has 2 amide bonds. The predicted octanol–water partition coefficient (Wildman–Crippen LogP) is 3.56. The van der Waals surface area contributed by atoms with Gasteiger partial charge in [-0.15, -0.1) is 0 Å². The molecule has 0 saturated carbocycles. The third-order valence-electron chi connectivity index (χ3n) is 4.17. The summed E-state index contributed by atoms with van der Waals surface area (Å²) in [6.45, 7) is 0.289. The SMILES string of the molecule is NC(=O)[C@@H](c1ccccc1)N(Cc1ccccc1)C(=O)c1ccccc1. The lowest BCUT2D eigenvalue weighted by atomic mass is 10.0. The van der Waals surface area contributed by atoms with Gasteiger partial charge in [-0.25, -0.2) is 0 Å². The molecule has 0 aromatic heterocycles. The van der Waals surface area contributed by atoms with Gasteiger partial charge >= 0.3 is 0 Å². The summed E-state index contributed by atoms with van der Waals surface area (Å²) in [6, 6.07) is 26.8. The second-order valence-electron chi connectivity index (χ2n) is 6.00. The van der Waals surface area contributed by atoms with E-state index in [9.17, 15) is 9.59 Å². The van der Waals surface area contributed by atoms with E-state index in [0.717, 1.165) is 5.56 Å². The Morgan fingerprint density at radius 3 is 1.81 bits per heavy atom. The van der Waals surface area contributed by atoms with E-state index in [0.29, 0.717) is 11.1 Å². The summed E-state index contributed by atoms with van der Waals surface area (Å²) in [5.74, 6) is -0.793. The van der Waals surface area contributed by atoms with Gasteiger partial charge < -0.3 is 10.6 Å². The van der Waals surface area contributed by atoms with E-state index in [4.69, 9.17) is 5.73 Å². The minimum absolute atomic E-state index is 0.234. The molecule has 0 aliphatic heterocycles. The summed E-state index contributed by atoms with van der Waals surface area (Å²) < 4.78 is 0. The number of nitrogens with two attached hydrogens (primary N) is 1. The average Bonchev–Trinajstić information content (AvgIpc) is 2.69. The van der Waals surface area contributed by atoms with Crippen molar-refractivity contribution in [3.05, 3.63) is 108 Å². The van der Waals surface area contributed by atoms with Crippen LogP contribution in [0.5, 0.6) is 0 Å². The maximum absolute atomic E-state index is 13.2. The molecule has 3 rings (SSSR count). The summed E-state index contributed by atoms with van der Waals surface area (Å²) in [5.41, 5.74) is 7.85. The first-order valence-electron chi connectivity index (χ1n) is 8.41. The quantitative estimate of drug-likeness (QED) is 0.743. The first kappa shape index (κ1) is 17.4. The lowest BCUT2D eigenvalue weighted by molar-refractivity contribution is -0.122. The van der Waals surface area contributed by atoms with Crippen molar-refractivity contribution in [1.29, 1.82) is 0 Å². The molecule has 0 fully saturated rings. The van der Waals surface area contributed by atoms with E-state index < -0.39 is 11.9 Å². The summed E-state index contributed by atoms with van der Waals surface area (Å²) in [5, 5.41) is 0. The highest BCUT2D eigenvalue weighted by atomic mass is 16.2. The van der Waals surface area contributed by atoms with Crippen molar-refractivity contribution >= 4 is 11.8 Å². The molecule has 0 spiro atoms. The number of carbonyl (C=O) groups is 2. The van der Waals surface area contributed by atoms with Crippen molar-refractivity contribution in [3.63, 3.8) is 0 Å². The largest absolute Gasteiger partial charge is 0.368 e. The summed E-state index contributed by atoms with van der Waals surface area (Å²) in [7, 11) is 0. The van der Waals surface area contributed by atoms with Crippen LogP contribution in [0.25, 0.3) is 0 Å². The normalized spacial score (nSPS) is 11.5. The number of rotatable bonds is 6. The lowest BCUT2D eigenvalue weighted by Gasteiger charge is -2.30. The Morgan fingerprint density at radius 2 is 1.27 bits per heavy atom. The van der Waals surface area contributed by atoms with Crippen LogP contribution in [0.3, 0.4) is 0 Å². The molecule has 0 aliphatic rings. The predicted molar refractivity (Wildman–Crippen MR) is 101 cm³/mol. The third-order valence-corrected chi connectivity index (χ3v) is 4.17. The second-order valence-corrected chi connectivity index (χ2v) is 6.00. The Balaban J connectivity index is 2.03. The molecule has 1 atom stereocenters. The number of nitrogens with zero attached hydrogens (tertiary/aromatic N) is 1. The zero-order valence-corrected chi connectivity index (χ0v) is 14.3. The van der Waals surface area contributed by atoms with Crippen molar-refractivity contribution in [1.82, 2.24) is 4.90 Å². The van der Waals surface area contributed by atoms with Crippen LogP contribution in [0.15, 0.2) is 91.0 Å². The van der Waals surface area contributed by atoms with E-state index in [2.05, 4.69) is 0 Å². The highest BCUT2D eigenvalue weighted by molar-refractivity contribution is 5.97. The number of hydrogen-bond donors (Lipinski definition) is 1. The van der Waals surface area contributed by atoms with Crippen molar-refractivity contribution in [3.8, 4) is 0 Å². The van der Waals surface area contributed by atoms with Crippen LogP contribution >= 0.6 is 0 Å². The number of benzene rings is 3. The first-order chi connectivity index (χ1) is 12.7. The van der Waals surface area contributed by atoms with Crippen molar-refractivity contribution in [2.24, 2.45) is 5.73 Å². The van der Waals surface area contributed by atoms with Gasteiger partial charge in [0.25, 0.3) is 5.91 Å². The fourth-order valence-corrected chi connectivity index (χ4v) is 2.94. The highest BCUT2D eigenvalue weighted by Crippen LogP contribution is 2.25. The molecule has 4 nitrogen and oxygen atoms in total. The molecule has 0 heterocycles. The maximum Gasteiger partial charge on any atom is 0.255 e. The van der Waals surface area contributed by atoms with Crippen LogP contribution in [0.4, 0.5) is 0 Å². The zero-order valence-electron chi connectivity index (χ0n) is 14.3. The molecule has 0 aliphatic carbocycles. The standard InChI is InChI=1S/C22H20N2O2/c23-21(25)20(18-12-6-2-7-13-18)24(16-17-10-4-1-5-11-17)22(26)19-14-8-3-9-15-19/h1-15,20H,16H2,(H2,23,25)/t20-/m1/s1. The van der Waals surface area contributed by atoms with Gasteiger partial charge in [-0.1, -0.05) is 78.9 Å². The first-order valence-corrected chi connectivity index (χ1v) is 8.41. The summed E-state index contributed by atoms with van der Waals surface area (Å²) in [4.78, 5) is 27.0. The molecule has 2 N–H and O–H groups in total. The molecule has 4 heteroatoms. The summed E-state index contributed by atoms with van der Waals surface area (Å²) >= 11 is 0. The zero-order chi connectivity index (χ0) is 18.4. The van der Waals surface area contributed by atoms with E-state index in [1.54, 1.807) is 24.3 Å². The molecular formula is C22H20N2O2. The fraction of sp³-hybridized carbons (Fsp3) is 0.0909. The molecule has 0 bridgehead atoms. The average molecular weight is 344 g/mol. The molecule has 0 radical (unpaired) electrons. The minimum atomic E-state index is -0.843. The Bertz CT molecular complexity index is 864. The lowest BCUT2D eigenvalue weighted by Crippen LogP contribution is -2.41. The topological polar surface area (TPSA) is 63.4 Å². The van der Waals surface area contributed by atoms with Gasteiger partial charge in [-0.3, -0.25) is 9.59 Å². The van der Waals surface area contributed by atoms with Crippen LogP contribution < -0.4 is 5.73 Å². The van der Waals surface area contributed by atoms with E-state index >= 15 is 0 Å². The molecule has 0 unspecified atom stereocenters. The maximum atomic E-state index is 13.2. The number of primary amides is 1. The smallest absolute Gasteiger partial charge is 0.255 e. The van der Waals surface area contributed by atoms with Crippen LogP contribution in [0, 0.1) is 0 Å². The fourth-order valence-electron chi connectivity index (χ4n) is 2.94. The van der Waals surface area contributed by atoms with Crippen molar-refractivity contribution < 1.29 is 9.59 Å². The van der Waals surface area contributed by atoms with E-state index in [1.807, 2.05) is 66.7 Å². The van der Waals surface area contributed by atoms with E-state index in [1.165, 1.54) is 4.90 Å². The minimum Gasteiger partial charge on any atom is -0.368 e. The van der Waals surface area contributed by atoms with Gasteiger partial charge in [-0.05, 0) is 23.3 Å². The van der Waals surface area contributed by atoms with Crippen molar-refractivity contribution in [2.45, 2.75) is 12.6 Å². The van der Waals surface area contributed by atoms with E-state index in [-0.39, 0.29) is 12.5 Å². The van der Waals surface area contributed by atoms with Gasteiger partial charge in [0.1, 0.15) is 6.04 Å². The molecular weight excluding hydrogens is 324 g/mol. The number of carbonyl (C=O) groups excluding carboxylic acids is 2. The van der Waals surface area contributed by atoms with Gasteiger partial charge in [0.2, 0.25) is 5.91 Å². The third kappa shape index (κ3) is 3.98. The molecule has 0 saturated heterocycles. The van der Waals surface area contributed by atoms with Crippen LogP contribution in [0.1, 0.15) is 27.5 Å². The molecule has 26 heavy (non-hydrogen) atoms. The van der Waals surface area contributed by atoms with Gasteiger partial charge in [0, 0.05) is 12.1 Å². The monoisotopic (exact) mass is 344 g/mol. The summed E-state index contributed by atoms with van der Waals surface area (Å²) in [6.07, 6.45) is 0. The Hall–Kier alpha value is -3.40. The Labute approximate surface area is 152 Å². The number of amides is 2. The van der Waals surface area contributed by atoms with Gasteiger partial charge in [0.15, 0.2) is 0 Å². The van der Waals surface area contributed by atoms with Gasteiger partial charge in [0.05, 0.1) is 0 Å². The highest BCUT2D eigenvalue weighted by Gasteiger charge is 2.30. The molecule has 130 valence electrons. The molecule has 3 aromatic rings. The van der Waals surface area contributed by atoms with Crippen LogP contribution in [-0.4, -0.2) is 16.7 Å². The second kappa shape index (κ2) is 8.12. The van der Waals surface area contributed by atoms with Crippen LogP contribution in [-0.2, 0) is 11.3 Å². The Morgan fingerprint density at radius 1 is 0.769 bits per heavy atom. The van der Waals surface area contributed by atoms with Gasteiger partial charge in [-0.2, -0.15) is 0 Å². The Kier molecular flexibility index (Phi) is 5.44.